The fourth-order valence-corrected chi connectivity index (χ4v) is 3.13. The van der Waals surface area contributed by atoms with Crippen molar-refractivity contribution >= 4 is 5.97 Å². The topological polar surface area (TPSA) is 50.4 Å². The maximum atomic E-state index is 11.3. The Labute approximate surface area is 138 Å². The summed E-state index contributed by atoms with van der Waals surface area (Å²) < 4.78 is 5.15. The summed E-state index contributed by atoms with van der Waals surface area (Å²) in [6.07, 6.45) is 13.9. The van der Waals surface area contributed by atoms with Crippen LogP contribution in [0.15, 0.2) is 59.0 Å². The van der Waals surface area contributed by atoms with E-state index in [-0.39, 0.29) is 5.41 Å². The standard InChI is InChI=1S/C20H26O3/c1-15-7-8-16(2)20(3,12-9-17-10-13-23-14-17)11-5-4-6-18(15)19(21)22/h4-6,10,13-14,16H,1,7-9,11-12H2,2-3H3,(H,21,22)/t16-,20+/m1/s1. The van der Waals surface area contributed by atoms with Crippen LogP contribution < -0.4 is 0 Å². The number of carboxylic acids is 1. The molecule has 23 heavy (non-hydrogen) atoms. The lowest BCUT2D eigenvalue weighted by molar-refractivity contribution is -0.132. The highest BCUT2D eigenvalue weighted by atomic mass is 16.4. The molecule has 0 saturated carbocycles. The zero-order chi connectivity index (χ0) is 16.9. The van der Waals surface area contributed by atoms with Crippen molar-refractivity contribution in [2.75, 3.05) is 0 Å². The molecule has 0 aliphatic heterocycles. The molecule has 124 valence electrons. The van der Waals surface area contributed by atoms with Crippen molar-refractivity contribution in [2.45, 2.75) is 46.0 Å². The third-order valence-electron chi connectivity index (χ3n) is 5.23. The van der Waals surface area contributed by atoms with Gasteiger partial charge in [-0.2, -0.15) is 0 Å². The van der Waals surface area contributed by atoms with Crippen molar-refractivity contribution in [1.29, 1.82) is 0 Å². The molecule has 1 aromatic heterocycles. The quantitative estimate of drug-likeness (QED) is 0.835. The molecule has 0 saturated heterocycles. The molecule has 2 atom stereocenters. The van der Waals surface area contributed by atoms with Crippen molar-refractivity contribution in [3.05, 3.63) is 60.1 Å². The summed E-state index contributed by atoms with van der Waals surface area (Å²) in [7, 11) is 0. The van der Waals surface area contributed by atoms with Gasteiger partial charge in [0.15, 0.2) is 0 Å². The van der Waals surface area contributed by atoms with E-state index in [4.69, 9.17) is 4.42 Å². The van der Waals surface area contributed by atoms with Crippen LogP contribution in [0.4, 0.5) is 0 Å². The average molecular weight is 314 g/mol. The normalized spacial score (nSPS) is 25.9. The highest BCUT2D eigenvalue weighted by Crippen LogP contribution is 2.40. The van der Waals surface area contributed by atoms with Gasteiger partial charge in [0.25, 0.3) is 0 Å². The predicted octanol–water partition coefficient (Wildman–Crippen LogP) is 5.16. The van der Waals surface area contributed by atoms with E-state index in [1.54, 1.807) is 12.3 Å². The van der Waals surface area contributed by atoms with E-state index in [0.717, 1.165) is 32.1 Å². The first-order valence-electron chi connectivity index (χ1n) is 8.22. The van der Waals surface area contributed by atoms with Gasteiger partial charge in [-0.15, -0.1) is 0 Å². The molecule has 1 N–H and O–H groups in total. The Morgan fingerprint density at radius 3 is 2.96 bits per heavy atom. The number of hydrogen-bond donors (Lipinski definition) is 1. The number of aryl methyl sites for hydroxylation is 1. The zero-order valence-corrected chi connectivity index (χ0v) is 14.0. The molecule has 0 spiro atoms. The summed E-state index contributed by atoms with van der Waals surface area (Å²) in [5, 5.41) is 9.27. The zero-order valence-electron chi connectivity index (χ0n) is 14.0. The Hall–Kier alpha value is -2.03. The second kappa shape index (κ2) is 7.49. The van der Waals surface area contributed by atoms with Gasteiger partial charge in [-0.1, -0.05) is 32.6 Å². The Morgan fingerprint density at radius 1 is 1.52 bits per heavy atom. The van der Waals surface area contributed by atoms with Crippen LogP contribution in [0.25, 0.3) is 0 Å². The lowest BCUT2D eigenvalue weighted by Gasteiger charge is -2.36. The van der Waals surface area contributed by atoms with E-state index < -0.39 is 5.97 Å². The molecule has 0 bridgehead atoms. The summed E-state index contributed by atoms with van der Waals surface area (Å²) >= 11 is 0. The minimum atomic E-state index is -0.893. The molecule has 2 rings (SSSR count). The van der Waals surface area contributed by atoms with Crippen molar-refractivity contribution in [3.8, 4) is 0 Å². The van der Waals surface area contributed by atoms with Crippen molar-refractivity contribution in [2.24, 2.45) is 11.3 Å². The van der Waals surface area contributed by atoms with Gasteiger partial charge < -0.3 is 9.52 Å². The summed E-state index contributed by atoms with van der Waals surface area (Å²) in [5.74, 6) is -0.403. The molecule has 0 aromatic carbocycles. The summed E-state index contributed by atoms with van der Waals surface area (Å²) in [5.41, 5.74) is 2.46. The molecule has 1 heterocycles. The Balaban J connectivity index is 2.14. The van der Waals surface area contributed by atoms with E-state index in [2.05, 4.69) is 26.5 Å². The first-order chi connectivity index (χ1) is 10.9. The smallest absolute Gasteiger partial charge is 0.335 e. The van der Waals surface area contributed by atoms with Gasteiger partial charge in [-0.3, -0.25) is 0 Å². The fraction of sp³-hybridized carbons (Fsp3) is 0.450. The third-order valence-corrected chi connectivity index (χ3v) is 5.23. The molecule has 1 aromatic rings. The van der Waals surface area contributed by atoms with E-state index in [1.165, 1.54) is 5.56 Å². The van der Waals surface area contributed by atoms with Gasteiger partial charge in [0.2, 0.25) is 0 Å². The molecule has 1 aliphatic rings. The van der Waals surface area contributed by atoms with Crippen molar-refractivity contribution < 1.29 is 14.3 Å². The monoisotopic (exact) mass is 314 g/mol. The predicted molar refractivity (Wildman–Crippen MR) is 92.1 cm³/mol. The number of aliphatic carboxylic acids is 1. The van der Waals surface area contributed by atoms with Crippen LogP contribution in [-0.2, 0) is 11.2 Å². The van der Waals surface area contributed by atoms with Crippen LogP contribution in [0.2, 0.25) is 0 Å². The maximum absolute atomic E-state index is 11.3. The van der Waals surface area contributed by atoms with Crippen LogP contribution in [0.1, 0.15) is 45.1 Å². The van der Waals surface area contributed by atoms with Gasteiger partial charge in [-0.05, 0) is 66.7 Å². The average Bonchev–Trinajstić information content (AvgIpc) is 3.02. The van der Waals surface area contributed by atoms with E-state index in [1.807, 2.05) is 18.4 Å². The lowest BCUT2D eigenvalue weighted by Crippen LogP contribution is -2.26. The lowest BCUT2D eigenvalue weighted by atomic mass is 9.69. The number of allylic oxidation sites excluding steroid dienone is 3. The van der Waals surface area contributed by atoms with Crippen LogP contribution in [0, 0.1) is 11.3 Å². The third kappa shape index (κ3) is 4.47. The summed E-state index contributed by atoms with van der Waals surface area (Å²) in [4.78, 5) is 11.3. The highest BCUT2D eigenvalue weighted by Gasteiger charge is 2.30. The highest BCUT2D eigenvalue weighted by molar-refractivity contribution is 5.91. The van der Waals surface area contributed by atoms with Crippen LogP contribution in [0.3, 0.4) is 0 Å². The number of furan rings is 1. The number of hydrogen-bond acceptors (Lipinski definition) is 2. The molecule has 3 heteroatoms. The van der Waals surface area contributed by atoms with Crippen molar-refractivity contribution in [1.82, 2.24) is 0 Å². The first-order valence-corrected chi connectivity index (χ1v) is 8.22. The van der Waals surface area contributed by atoms with Crippen molar-refractivity contribution in [3.63, 3.8) is 0 Å². The number of rotatable bonds is 4. The molecular weight excluding hydrogens is 288 g/mol. The molecule has 0 unspecified atom stereocenters. The Kier molecular flexibility index (Phi) is 5.64. The minimum Gasteiger partial charge on any atom is -0.478 e. The van der Waals surface area contributed by atoms with Gasteiger partial charge >= 0.3 is 5.97 Å². The molecular formula is C20H26O3. The molecule has 1 aliphatic carbocycles. The second-order valence-corrected chi connectivity index (χ2v) is 6.85. The molecule has 0 fully saturated rings. The Morgan fingerprint density at radius 2 is 2.30 bits per heavy atom. The van der Waals surface area contributed by atoms with Crippen LogP contribution in [-0.4, -0.2) is 11.1 Å². The first kappa shape index (κ1) is 17.3. The summed E-state index contributed by atoms with van der Waals surface area (Å²) in [6, 6.07) is 2.02. The SMILES string of the molecule is C=C1CC[C@@H](C)[C@](C)(CCc2ccoc2)CC=CC=C1C(=O)O. The number of carbonyl (C=O) groups is 1. The maximum Gasteiger partial charge on any atom is 0.335 e. The summed E-state index contributed by atoms with van der Waals surface area (Å²) in [6.45, 7) is 8.56. The van der Waals surface area contributed by atoms with E-state index in [9.17, 15) is 9.90 Å². The van der Waals surface area contributed by atoms with Gasteiger partial charge in [0.05, 0.1) is 18.1 Å². The molecule has 0 radical (unpaired) electrons. The molecule has 0 amide bonds. The largest absolute Gasteiger partial charge is 0.478 e. The molecule has 3 nitrogen and oxygen atoms in total. The van der Waals surface area contributed by atoms with Crippen LogP contribution >= 0.6 is 0 Å². The Bertz CT molecular complexity index is 607. The van der Waals surface area contributed by atoms with E-state index >= 15 is 0 Å². The minimum absolute atomic E-state index is 0.183. The van der Waals surface area contributed by atoms with E-state index in [0.29, 0.717) is 17.1 Å². The van der Waals surface area contributed by atoms with Gasteiger partial charge in [-0.25, -0.2) is 4.79 Å². The second-order valence-electron chi connectivity index (χ2n) is 6.85. The number of carboxylic acid groups (broad SMARTS) is 1. The van der Waals surface area contributed by atoms with Gasteiger partial charge in [0, 0.05) is 0 Å². The van der Waals surface area contributed by atoms with Crippen LogP contribution in [0.5, 0.6) is 0 Å². The van der Waals surface area contributed by atoms with Gasteiger partial charge in [0.1, 0.15) is 0 Å². The fourth-order valence-electron chi connectivity index (χ4n) is 3.13.